The number of piperidine rings is 1. The van der Waals surface area contributed by atoms with Gasteiger partial charge >= 0.3 is 0 Å². The summed E-state index contributed by atoms with van der Waals surface area (Å²) < 4.78 is 0. The second kappa shape index (κ2) is 12.0. The summed E-state index contributed by atoms with van der Waals surface area (Å²) in [5.41, 5.74) is 0. The van der Waals surface area contributed by atoms with Gasteiger partial charge in [-0.25, -0.2) is 0 Å². The van der Waals surface area contributed by atoms with Crippen molar-refractivity contribution in [3.63, 3.8) is 0 Å². The first kappa shape index (κ1) is 18.5. The van der Waals surface area contributed by atoms with Crippen LogP contribution in [0.2, 0.25) is 0 Å². The molecule has 1 N–H and O–H groups in total. The van der Waals surface area contributed by atoms with E-state index >= 15 is 0 Å². The molecule has 3 heteroatoms. The second-order valence-electron chi connectivity index (χ2n) is 6.42. The topological polar surface area (TPSA) is 32.3 Å². The van der Waals surface area contributed by atoms with Crippen LogP contribution in [0.25, 0.3) is 0 Å². The van der Waals surface area contributed by atoms with E-state index in [1.54, 1.807) is 0 Å². The van der Waals surface area contributed by atoms with E-state index in [2.05, 4.69) is 19.2 Å². The largest absolute Gasteiger partial charge is 0.343 e. The number of amides is 1. The van der Waals surface area contributed by atoms with Crippen molar-refractivity contribution in [3.05, 3.63) is 0 Å². The minimum Gasteiger partial charge on any atom is -0.343 e. The molecule has 1 saturated heterocycles. The molecule has 1 aliphatic heterocycles. The normalized spacial score (nSPS) is 19.5. The van der Waals surface area contributed by atoms with Crippen LogP contribution < -0.4 is 5.32 Å². The van der Waals surface area contributed by atoms with Gasteiger partial charge in [0.05, 0.1) is 0 Å². The molecular weight excluding hydrogens is 260 g/mol. The molecule has 0 radical (unpaired) electrons. The number of rotatable bonds is 5. The third-order valence-corrected chi connectivity index (χ3v) is 4.81. The summed E-state index contributed by atoms with van der Waals surface area (Å²) in [6.45, 7) is 8.34. The lowest BCUT2D eigenvalue weighted by molar-refractivity contribution is -0.131. The summed E-state index contributed by atoms with van der Waals surface area (Å²) in [5, 5.41) is 3.28. The smallest absolute Gasteiger partial charge is 0.222 e. The van der Waals surface area contributed by atoms with Crippen molar-refractivity contribution < 1.29 is 4.79 Å². The highest BCUT2D eigenvalue weighted by molar-refractivity contribution is 5.76. The van der Waals surface area contributed by atoms with Gasteiger partial charge in [-0.05, 0) is 52.1 Å². The average molecular weight is 296 g/mol. The van der Waals surface area contributed by atoms with Crippen LogP contribution in [0.3, 0.4) is 0 Å². The van der Waals surface area contributed by atoms with Gasteiger partial charge in [0.2, 0.25) is 5.91 Å². The Balaban J connectivity index is 0.000000304. The number of nitrogens with zero attached hydrogens (tertiary/aromatic N) is 1. The molecule has 0 aromatic rings. The highest BCUT2D eigenvalue weighted by Crippen LogP contribution is 2.27. The Kier molecular flexibility index (Phi) is 10.6. The minimum absolute atomic E-state index is 0.352. The summed E-state index contributed by atoms with van der Waals surface area (Å²) >= 11 is 0. The van der Waals surface area contributed by atoms with Crippen LogP contribution in [0.15, 0.2) is 0 Å². The molecule has 0 bridgehead atoms. The summed E-state index contributed by atoms with van der Waals surface area (Å²) in [7, 11) is 0. The lowest BCUT2D eigenvalue weighted by atomic mass is 9.86. The molecule has 1 saturated carbocycles. The molecule has 124 valence electrons. The molecule has 1 aliphatic carbocycles. The molecule has 0 aromatic carbocycles. The molecule has 0 spiro atoms. The zero-order chi connectivity index (χ0) is 15.3. The van der Waals surface area contributed by atoms with Gasteiger partial charge in [0.15, 0.2) is 0 Å². The number of carbonyl (C=O) groups is 1. The van der Waals surface area contributed by atoms with Crippen LogP contribution >= 0.6 is 0 Å². The van der Waals surface area contributed by atoms with Gasteiger partial charge in [0.1, 0.15) is 0 Å². The monoisotopic (exact) mass is 296 g/mol. The summed E-state index contributed by atoms with van der Waals surface area (Å²) in [5.74, 6) is 1.18. The van der Waals surface area contributed by atoms with Gasteiger partial charge in [0, 0.05) is 19.5 Å². The van der Waals surface area contributed by atoms with Crippen LogP contribution in [0.5, 0.6) is 0 Å². The van der Waals surface area contributed by atoms with Crippen molar-refractivity contribution in [1.82, 2.24) is 10.2 Å². The molecule has 0 aromatic heterocycles. The molecule has 0 atom stereocenters. The molecule has 21 heavy (non-hydrogen) atoms. The van der Waals surface area contributed by atoms with Gasteiger partial charge in [-0.1, -0.05) is 38.5 Å². The Hall–Kier alpha value is -0.570. The maximum absolute atomic E-state index is 11.8. The van der Waals surface area contributed by atoms with Crippen molar-refractivity contribution in [1.29, 1.82) is 0 Å². The van der Waals surface area contributed by atoms with Crippen molar-refractivity contribution in [2.24, 2.45) is 5.92 Å². The molecule has 2 rings (SSSR count). The minimum atomic E-state index is 0.352. The van der Waals surface area contributed by atoms with E-state index in [-0.39, 0.29) is 0 Å². The van der Waals surface area contributed by atoms with Crippen LogP contribution in [0.1, 0.15) is 78.1 Å². The molecule has 2 aliphatic rings. The Labute approximate surface area is 131 Å². The Morgan fingerprint density at radius 1 is 0.952 bits per heavy atom. The first-order valence-corrected chi connectivity index (χ1v) is 9.26. The first-order chi connectivity index (χ1) is 10.3. The lowest BCUT2D eigenvalue weighted by Crippen LogP contribution is -2.30. The predicted molar refractivity (Wildman–Crippen MR) is 90.5 cm³/mol. The zero-order valence-electron chi connectivity index (χ0n) is 14.3. The van der Waals surface area contributed by atoms with Gasteiger partial charge < -0.3 is 10.2 Å². The maximum Gasteiger partial charge on any atom is 0.222 e. The fourth-order valence-electron chi connectivity index (χ4n) is 3.34. The summed E-state index contributed by atoms with van der Waals surface area (Å²) in [6.07, 6.45) is 13.0. The standard InChI is InChI=1S/C13H25NO.C5H11N/c1-3-14(4-2)13(15)11-10-12-8-6-5-7-9-12;1-2-4-6-5-3-1/h12H,3-11H2,1-2H3;6H,1-5H2. The Bertz CT molecular complexity index is 242. The highest BCUT2D eigenvalue weighted by atomic mass is 16.2. The lowest BCUT2D eigenvalue weighted by Gasteiger charge is -2.23. The fraction of sp³-hybridized carbons (Fsp3) is 0.944. The van der Waals surface area contributed by atoms with Gasteiger partial charge in [-0.3, -0.25) is 4.79 Å². The zero-order valence-corrected chi connectivity index (χ0v) is 14.3. The van der Waals surface area contributed by atoms with E-state index in [4.69, 9.17) is 0 Å². The number of hydrogen-bond donors (Lipinski definition) is 1. The van der Waals surface area contributed by atoms with E-state index in [0.717, 1.165) is 31.8 Å². The molecule has 3 nitrogen and oxygen atoms in total. The van der Waals surface area contributed by atoms with Gasteiger partial charge in [-0.15, -0.1) is 0 Å². The van der Waals surface area contributed by atoms with Crippen molar-refractivity contribution >= 4 is 5.91 Å². The SMILES string of the molecule is C1CCNCC1.CCN(CC)C(=O)CCC1CCCCC1. The molecular formula is C18H36N2O. The third-order valence-electron chi connectivity index (χ3n) is 4.81. The number of hydrogen-bond acceptors (Lipinski definition) is 2. The maximum atomic E-state index is 11.8. The Morgan fingerprint density at radius 3 is 1.95 bits per heavy atom. The highest BCUT2D eigenvalue weighted by Gasteiger charge is 2.16. The van der Waals surface area contributed by atoms with E-state index < -0.39 is 0 Å². The average Bonchev–Trinajstić information content (AvgIpc) is 2.57. The van der Waals surface area contributed by atoms with E-state index in [1.807, 2.05) is 4.90 Å². The number of nitrogens with one attached hydrogen (secondary N) is 1. The first-order valence-electron chi connectivity index (χ1n) is 9.26. The van der Waals surface area contributed by atoms with Crippen LogP contribution in [0, 0.1) is 5.92 Å². The number of carbonyl (C=O) groups excluding carboxylic acids is 1. The molecule has 1 heterocycles. The van der Waals surface area contributed by atoms with Crippen LogP contribution in [-0.4, -0.2) is 37.0 Å². The summed E-state index contributed by atoms with van der Waals surface area (Å²) in [4.78, 5) is 13.7. The quantitative estimate of drug-likeness (QED) is 0.832. The fourth-order valence-corrected chi connectivity index (χ4v) is 3.34. The van der Waals surface area contributed by atoms with E-state index in [9.17, 15) is 4.79 Å². The van der Waals surface area contributed by atoms with Crippen molar-refractivity contribution in [2.45, 2.75) is 78.1 Å². The van der Waals surface area contributed by atoms with Gasteiger partial charge in [0.25, 0.3) is 0 Å². The van der Waals surface area contributed by atoms with E-state index in [0.29, 0.717) is 5.91 Å². The summed E-state index contributed by atoms with van der Waals surface area (Å²) in [6, 6.07) is 0. The van der Waals surface area contributed by atoms with E-state index in [1.165, 1.54) is 64.5 Å². The third kappa shape index (κ3) is 8.45. The van der Waals surface area contributed by atoms with Crippen LogP contribution in [0.4, 0.5) is 0 Å². The van der Waals surface area contributed by atoms with Crippen molar-refractivity contribution in [2.75, 3.05) is 26.2 Å². The Morgan fingerprint density at radius 2 is 1.52 bits per heavy atom. The predicted octanol–water partition coefficient (Wildman–Crippen LogP) is 3.98. The van der Waals surface area contributed by atoms with Crippen molar-refractivity contribution in [3.8, 4) is 0 Å². The molecule has 0 unspecified atom stereocenters. The second-order valence-corrected chi connectivity index (χ2v) is 6.42. The van der Waals surface area contributed by atoms with Gasteiger partial charge in [-0.2, -0.15) is 0 Å². The molecule has 1 amide bonds. The van der Waals surface area contributed by atoms with Crippen LogP contribution in [-0.2, 0) is 4.79 Å². The molecule has 2 fully saturated rings.